The number of benzene rings is 1. The van der Waals surface area contributed by atoms with E-state index in [0.29, 0.717) is 11.5 Å². The molecule has 0 saturated carbocycles. The van der Waals surface area contributed by atoms with E-state index in [4.69, 9.17) is 9.26 Å². The van der Waals surface area contributed by atoms with Crippen LogP contribution >= 0.6 is 0 Å². The molecular formula is C14H17N3O5S. The van der Waals surface area contributed by atoms with Gasteiger partial charge in [-0.2, -0.15) is 4.98 Å². The molecule has 0 aliphatic carbocycles. The van der Waals surface area contributed by atoms with E-state index in [1.807, 2.05) is 0 Å². The molecule has 0 atom stereocenters. The van der Waals surface area contributed by atoms with Gasteiger partial charge in [0.05, 0.1) is 11.9 Å². The number of hydrogen-bond acceptors (Lipinski definition) is 7. The lowest BCUT2D eigenvalue weighted by molar-refractivity contribution is -0.143. The van der Waals surface area contributed by atoms with Gasteiger partial charge in [-0.3, -0.25) is 9.10 Å². The molecule has 124 valence electrons. The average Bonchev–Trinajstić information content (AvgIpc) is 2.88. The number of para-hydroxylation sites is 1. The summed E-state index contributed by atoms with van der Waals surface area (Å²) in [6.45, 7) is 2.76. The first-order valence-electron chi connectivity index (χ1n) is 6.75. The van der Waals surface area contributed by atoms with Crippen molar-refractivity contribution in [3.8, 4) is 0 Å². The maximum absolute atomic E-state index is 12.0. The van der Waals surface area contributed by atoms with Gasteiger partial charge >= 0.3 is 5.97 Å². The summed E-state index contributed by atoms with van der Waals surface area (Å²) < 4.78 is 34.8. The van der Waals surface area contributed by atoms with E-state index in [1.165, 1.54) is 0 Å². The maximum Gasteiger partial charge on any atom is 0.327 e. The number of nitrogens with zero attached hydrogens (tertiary/aromatic N) is 3. The van der Waals surface area contributed by atoms with Crippen molar-refractivity contribution < 1.29 is 22.5 Å². The van der Waals surface area contributed by atoms with Crippen molar-refractivity contribution in [2.45, 2.75) is 20.5 Å². The Morgan fingerprint density at radius 1 is 1.30 bits per heavy atom. The van der Waals surface area contributed by atoms with Crippen molar-refractivity contribution in [3.05, 3.63) is 41.5 Å². The van der Waals surface area contributed by atoms with Gasteiger partial charge in [-0.05, 0) is 25.5 Å². The molecule has 23 heavy (non-hydrogen) atoms. The van der Waals surface area contributed by atoms with Gasteiger partial charge in [0, 0.05) is 0 Å². The summed E-state index contributed by atoms with van der Waals surface area (Å²) >= 11 is 0. The third-order valence-corrected chi connectivity index (χ3v) is 4.11. The van der Waals surface area contributed by atoms with Gasteiger partial charge in [0.2, 0.25) is 10.0 Å². The smallest absolute Gasteiger partial charge is 0.327 e. The number of hydrogen-bond donors (Lipinski definition) is 0. The Balaban J connectivity index is 2.09. The number of anilines is 1. The zero-order chi connectivity index (χ0) is 17.0. The van der Waals surface area contributed by atoms with Gasteiger partial charge in [-0.25, -0.2) is 8.42 Å². The van der Waals surface area contributed by atoms with Crippen LogP contribution in [0.4, 0.5) is 5.69 Å². The second-order valence-electron chi connectivity index (χ2n) is 4.95. The second-order valence-corrected chi connectivity index (χ2v) is 6.86. The van der Waals surface area contributed by atoms with Gasteiger partial charge in [0.15, 0.2) is 12.4 Å². The van der Waals surface area contributed by atoms with E-state index in [1.54, 1.807) is 38.1 Å². The van der Waals surface area contributed by atoms with Crippen LogP contribution < -0.4 is 4.31 Å². The minimum Gasteiger partial charge on any atom is -0.454 e. The molecule has 0 radical (unpaired) electrons. The molecule has 9 heteroatoms. The topological polar surface area (TPSA) is 103 Å². The summed E-state index contributed by atoms with van der Waals surface area (Å²) in [5.41, 5.74) is 1.17. The molecule has 8 nitrogen and oxygen atoms in total. The van der Waals surface area contributed by atoms with Gasteiger partial charge in [0.25, 0.3) is 5.89 Å². The average molecular weight is 339 g/mol. The molecule has 1 heterocycles. The molecule has 0 unspecified atom stereocenters. The molecule has 0 aliphatic heterocycles. The number of carbonyl (C=O) groups excluding carboxylic acids is 1. The third kappa shape index (κ3) is 4.52. The zero-order valence-corrected chi connectivity index (χ0v) is 13.8. The van der Waals surface area contributed by atoms with Crippen molar-refractivity contribution in [2.24, 2.45) is 0 Å². The molecule has 0 aliphatic rings. The van der Waals surface area contributed by atoms with Gasteiger partial charge in [-0.15, -0.1) is 0 Å². The quantitative estimate of drug-likeness (QED) is 0.728. The van der Waals surface area contributed by atoms with Gasteiger partial charge in [0.1, 0.15) is 6.54 Å². The number of carbonyl (C=O) groups is 1. The molecule has 2 rings (SSSR count). The number of aryl methyl sites for hydroxylation is 2. The number of aromatic nitrogens is 2. The van der Waals surface area contributed by atoms with Crippen LogP contribution in [0.15, 0.2) is 28.8 Å². The highest BCUT2D eigenvalue weighted by Gasteiger charge is 2.23. The summed E-state index contributed by atoms with van der Waals surface area (Å²) in [5, 5.41) is 3.57. The van der Waals surface area contributed by atoms with Gasteiger partial charge < -0.3 is 9.26 Å². The van der Waals surface area contributed by atoms with E-state index in [0.717, 1.165) is 16.1 Å². The minimum atomic E-state index is -3.63. The normalized spacial score (nSPS) is 11.3. The Morgan fingerprint density at radius 3 is 2.57 bits per heavy atom. The van der Waals surface area contributed by atoms with Crippen LogP contribution in [0.2, 0.25) is 0 Å². The summed E-state index contributed by atoms with van der Waals surface area (Å²) in [5.74, 6) is -0.138. The number of esters is 1. The van der Waals surface area contributed by atoms with Crippen LogP contribution in [-0.4, -0.2) is 37.3 Å². The second kappa shape index (κ2) is 6.78. The van der Waals surface area contributed by atoms with Crippen LogP contribution in [0.5, 0.6) is 0 Å². The Bertz CT molecular complexity index is 800. The number of rotatable bonds is 6. The largest absolute Gasteiger partial charge is 0.454 e. The fourth-order valence-electron chi connectivity index (χ4n) is 1.93. The Labute approximate surface area is 134 Å². The molecule has 0 spiro atoms. The zero-order valence-electron chi connectivity index (χ0n) is 13.0. The predicted molar refractivity (Wildman–Crippen MR) is 82.2 cm³/mol. The number of sulfonamides is 1. The van der Waals surface area contributed by atoms with Crippen LogP contribution in [0.1, 0.15) is 17.3 Å². The fraction of sp³-hybridized carbons (Fsp3) is 0.357. The lowest BCUT2D eigenvalue weighted by Gasteiger charge is -2.22. The van der Waals surface area contributed by atoms with Crippen LogP contribution in [0, 0.1) is 13.8 Å². The molecule has 2 aromatic rings. The first-order valence-corrected chi connectivity index (χ1v) is 8.60. The molecule has 1 aromatic carbocycles. The lowest BCUT2D eigenvalue weighted by Crippen LogP contribution is -2.36. The standard InChI is InChI=1S/C14H17N3O5S/c1-10-6-4-5-7-12(10)17(23(3,19)20)8-14(18)21-9-13-15-11(2)16-22-13/h4-7H,8-9H2,1-3H3. The van der Waals surface area contributed by atoms with Crippen molar-refractivity contribution in [1.82, 2.24) is 10.1 Å². The highest BCUT2D eigenvalue weighted by molar-refractivity contribution is 7.92. The Hall–Kier alpha value is -2.42. The summed E-state index contributed by atoms with van der Waals surface area (Å²) in [6, 6.07) is 6.88. The van der Waals surface area contributed by atoms with Gasteiger partial charge in [-0.1, -0.05) is 23.4 Å². The highest BCUT2D eigenvalue weighted by Crippen LogP contribution is 2.21. The van der Waals surface area contributed by atoms with Crippen molar-refractivity contribution in [2.75, 3.05) is 17.1 Å². The molecule has 0 N–H and O–H groups in total. The minimum absolute atomic E-state index is 0.151. The van der Waals surface area contributed by atoms with Crippen molar-refractivity contribution >= 4 is 21.7 Å². The van der Waals surface area contributed by atoms with E-state index >= 15 is 0 Å². The Kier molecular flexibility index (Phi) is 4.99. The van der Waals surface area contributed by atoms with Crippen molar-refractivity contribution in [3.63, 3.8) is 0 Å². The summed E-state index contributed by atoms with van der Waals surface area (Å²) in [7, 11) is -3.63. The van der Waals surface area contributed by atoms with E-state index in [-0.39, 0.29) is 12.5 Å². The highest BCUT2D eigenvalue weighted by atomic mass is 32.2. The molecular weight excluding hydrogens is 322 g/mol. The predicted octanol–water partition coefficient (Wildman–Crippen LogP) is 1.20. The van der Waals surface area contributed by atoms with Crippen LogP contribution in [0.25, 0.3) is 0 Å². The van der Waals surface area contributed by atoms with E-state index in [9.17, 15) is 13.2 Å². The molecule has 0 amide bonds. The van der Waals surface area contributed by atoms with Crippen molar-refractivity contribution in [1.29, 1.82) is 0 Å². The molecule has 0 bridgehead atoms. The lowest BCUT2D eigenvalue weighted by atomic mass is 10.2. The molecule has 1 aromatic heterocycles. The summed E-state index contributed by atoms with van der Waals surface area (Å²) in [4.78, 5) is 15.8. The number of ether oxygens (including phenoxy) is 1. The van der Waals surface area contributed by atoms with E-state index < -0.39 is 22.5 Å². The molecule has 0 fully saturated rings. The first-order chi connectivity index (χ1) is 10.8. The SMILES string of the molecule is Cc1noc(COC(=O)CN(c2ccccc2C)S(C)(=O)=O)n1. The van der Waals surface area contributed by atoms with Crippen LogP contribution in [-0.2, 0) is 26.2 Å². The first kappa shape index (κ1) is 16.9. The maximum atomic E-state index is 12.0. The molecule has 0 saturated heterocycles. The Morgan fingerprint density at radius 2 is 2.00 bits per heavy atom. The monoisotopic (exact) mass is 339 g/mol. The third-order valence-electron chi connectivity index (χ3n) is 2.98. The summed E-state index contributed by atoms with van der Waals surface area (Å²) in [6.07, 6.45) is 1.04. The van der Waals surface area contributed by atoms with E-state index in [2.05, 4.69) is 10.1 Å². The van der Waals surface area contributed by atoms with Crippen LogP contribution in [0.3, 0.4) is 0 Å². The fourth-order valence-corrected chi connectivity index (χ4v) is 2.83.